The van der Waals surface area contributed by atoms with Crippen molar-refractivity contribution in [2.45, 2.75) is 72.6 Å². The van der Waals surface area contributed by atoms with E-state index in [0.717, 1.165) is 0 Å². The van der Waals surface area contributed by atoms with Crippen molar-refractivity contribution < 1.29 is 0 Å². The van der Waals surface area contributed by atoms with E-state index in [1.165, 1.54) is 48.6 Å². The summed E-state index contributed by atoms with van der Waals surface area (Å²) in [6.45, 7) is 7.12. The Balaban J connectivity index is 2.04. The Labute approximate surface area is 165 Å². The molecule has 0 aliphatic carbocycles. The van der Waals surface area contributed by atoms with E-state index in [1.807, 2.05) is 14.2 Å². The molecule has 0 saturated heterocycles. The number of hydrogen-bond donors (Lipinski definition) is 0. The third kappa shape index (κ3) is 4.27. The van der Waals surface area contributed by atoms with E-state index >= 15 is 0 Å². The number of benzene rings is 1. The van der Waals surface area contributed by atoms with E-state index in [2.05, 4.69) is 62.4 Å². The van der Waals surface area contributed by atoms with Gasteiger partial charge < -0.3 is 0 Å². The maximum atomic E-state index is 2.65. The Morgan fingerprint density at radius 2 is 1.36 bits per heavy atom. The van der Waals surface area contributed by atoms with Crippen LogP contribution in [0.15, 0.2) is 30.3 Å². The van der Waals surface area contributed by atoms with Crippen molar-refractivity contribution >= 4 is 63.4 Å². The van der Waals surface area contributed by atoms with Crippen molar-refractivity contribution in [3.8, 4) is 0 Å². The fourth-order valence-corrected chi connectivity index (χ4v) is 26.0. The maximum absolute atomic E-state index is 2.65. The average Bonchev–Trinajstić information content (AvgIpc) is 3.20. The van der Waals surface area contributed by atoms with Crippen LogP contribution in [0.5, 0.6) is 0 Å². The molecule has 0 aliphatic rings. The van der Waals surface area contributed by atoms with Crippen LogP contribution in [0.25, 0.3) is 19.5 Å². The Bertz CT molecular complexity index is 777. The van der Waals surface area contributed by atoms with Crippen molar-refractivity contribution in [3.05, 3.63) is 30.3 Å². The molecule has 0 saturated carbocycles. The third-order valence-electron chi connectivity index (χ3n) is 5.60. The van der Waals surface area contributed by atoms with Gasteiger partial charge in [-0.1, -0.05) is 0 Å². The van der Waals surface area contributed by atoms with Gasteiger partial charge >= 0.3 is 166 Å². The van der Waals surface area contributed by atoms with Crippen molar-refractivity contribution in [1.29, 1.82) is 0 Å². The SMILES string of the molecule is CCC[CH2][Sn]([CH2]CCC)([CH2]CCC)[c]1cc2sc3ccccc3c2s1. The van der Waals surface area contributed by atoms with E-state index in [1.54, 1.807) is 22.7 Å². The molecule has 0 bridgehead atoms. The molecule has 1 aromatic carbocycles. The van der Waals surface area contributed by atoms with Crippen LogP contribution in [-0.2, 0) is 0 Å². The molecule has 136 valence electrons. The average molecular weight is 479 g/mol. The van der Waals surface area contributed by atoms with Crippen LogP contribution in [0.2, 0.25) is 13.3 Å². The molecule has 0 atom stereocenters. The standard InChI is InChI=1S/C10H5S2.3C4H9.Sn/c1-2-4-8-7(3-1)10-9(12-8)5-6-11-10;3*1-3-4-2;/h1-5H;3*1,3-4H2,2H3;. The number of fused-ring (bicyclic) bond motifs is 3. The van der Waals surface area contributed by atoms with Gasteiger partial charge in [-0.3, -0.25) is 0 Å². The number of hydrogen-bond acceptors (Lipinski definition) is 2. The monoisotopic (exact) mass is 480 g/mol. The molecule has 2 heterocycles. The first-order chi connectivity index (χ1) is 12.2. The van der Waals surface area contributed by atoms with Gasteiger partial charge in [0.2, 0.25) is 0 Å². The minimum atomic E-state index is -2.25. The zero-order valence-electron chi connectivity index (χ0n) is 16.1. The predicted octanol–water partition coefficient (Wildman–Crippen LogP) is 8.17. The normalized spacial score (nSPS) is 12.4. The molecule has 3 rings (SSSR count). The first kappa shape index (κ1) is 19.7. The minimum absolute atomic E-state index is 1.36. The molecule has 0 aliphatic heterocycles. The molecule has 0 spiro atoms. The molecule has 3 heteroatoms. The van der Waals surface area contributed by atoms with E-state index in [0.29, 0.717) is 0 Å². The van der Waals surface area contributed by atoms with Gasteiger partial charge in [-0.15, -0.1) is 0 Å². The summed E-state index contributed by atoms with van der Waals surface area (Å²) in [5, 5.41) is 1.50. The molecule has 2 aromatic heterocycles. The molecule has 0 nitrogen and oxygen atoms in total. The zero-order chi connectivity index (χ0) is 17.7. The van der Waals surface area contributed by atoms with Crippen LogP contribution in [0.1, 0.15) is 59.3 Å². The molecule has 0 fully saturated rings. The van der Waals surface area contributed by atoms with Crippen molar-refractivity contribution in [3.63, 3.8) is 0 Å². The van der Waals surface area contributed by atoms with Crippen LogP contribution >= 0.6 is 22.7 Å². The van der Waals surface area contributed by atoms with Gasteiger partial charge in [0, 0.05) is 0 Å². The molecule has 0 unspecified atom stereocenters. The predicted molar refractivity (Wildman–Crippen MR) is 122 cm³/mol. The molecular formula is C22H32S2Sn. The number of thiophene rings is 2. The van der Waals surface area contributed by atoms with Gasteiger partial charge in [0.1, 0.15) is 0 Å². The van der Waals surface area contributed by atoms with Crippen LogP contribution in [-0.4, -0.2) is 18.4 Å². The zero-order valence-corrected chi connectivity index (χ0v) is 20.6. The third-order valence-corrected chi connectivity index (χ3v) is 26.2. The molecule has 25 heavy (non-hydrogen) atoms. The van der Waals surface area contributed by atoms with E-state index in [4.69, 9.17) is 0 Å². The van der Waals surface area contributed by atoms with E-state index in [9.17, 15) is 0 Å². The van der Waals surface area contributed by atoms with E-state index < -0.39 is 18.4 Å². The summed E-state index contributed by atoms with van der Waals surface area (Å²) in [5.41, 5.74) is 0. The fourth-order valence-electron chi connectivity index (χ4n) is 4.05. The second-order valence-corrected chi connectivity index (χ2v) is 23.8. The van der Waals surface area contributed by atoms with Gasteiger partial charge in [-0.25, -0.2) is 0 Å². The quantitative estimate of drug-likeness (QED) is 0.257. The summed E-state index contributed by atoms with van der Waals surface area (Å²) in [5.74, 6) is 0. The molecule has 0 radical (unpaired) electrons. The second-order valence-electron chi connectivity index (χ2n) is 7.49. The Hall–Kier alpha value is -0.0613. The molecular weight excluding hydrogens is 447 g/mol. The van der Waals surface area contributed by atoms with Gasteiger partial charge in [0.25, 0.3) is 0 Å². The van der Waals surface area contributed by atoms with Crippen molar-refractivity contribution in [1.82, 2.24) is 0 Å². The Morgan fingerprint density at radius 1 is 0.760 bits per heavy atom. The van der Waals surface area contributed by atoms with Crippen LogP contribution in [0.4, 0.5) is 0 Å². The topological polar surface area (TPSA) is 0 Å². The molecule has 0 N–H and O–H groups in total. The first-order valence-electron chi connectivity index (χ1n) is 10.2. The number of unbranched alkanes of at least 4 members (excludes halogenated alkanes) is 3. The molecule has 0 amide bonds. The van der Waals surface area contributed by atoms with Gasteiger partial charge in [-0.2, -0.15) is 0 Å². The summed E-state index contributed by atoms with van der Waals surface area (Å²) < 4.78 is 11.2. The summed E-state index contributed by atoms with van der Waals surface area (Å²) in [7, 11) is 0. The molecule has 3 aromatic rings. The van der Waals surface area contributed by atoms with Crippen LogP contribution in [0, 0.1) is 0 Å². The first-order valence-corrected chi connectivity index (χ1v) is 19.3. The Kier molecular flexibility index (Phi) is 7.27. The van der Waals surface area contributed by atoms with E-state index in [-0.39, 0.29) is 0 Å². The summed E-state index contributed by atoms with van der Waals surface area (Å²) in [6, 6.07) is 11.7. The fraction of sp³-hybridized carbons (Fsp3) is 0.545. The van der Waals surface area contributed by atoms with Crippen LogP contribution < -0.4 is 2.89 Å². The van der Waals surface area contributed by atoms with Gasteiger partial charge in [0.05, 0.1) is 0 Å². The number of rotatable bonds is 10. The Morgan fingerprint density at radius 3 is 1.96 bits per heavy atom. The second kappa shape index (κ2) is 9.23. The summed E-state index contributed by atoms with van der Waals surface area (Å²) in [6.07, 6.45) is 8.44. The van der Waals surface area contributed by atoms with Crippen molar-refractivity contribution in [2.24, 2.45) is 0 Å². The summed E-state index contributed by atoms with van der Waals surface area (Å²) >= 11 is 1.96. The van der Waals surface area contributed by atoms with Gasteiger partial charge in [-0.05, 0) is 0 Å². The van der Waals surface area contributed by atoms with Crippen molar-refractivity contribution in [2.75, 3.05) is 0 Å². The summed E-state index contributed by atoms with van der Waals surface area (Å²) in [4.78, 5) is 0. The van der Waals surface area contributed by atoms with Gasteiger partial charge in [0.15, 0.2) is 0 Å². The van der Waals surface area contributed by atoms with Crippen LogP contribution in [0.3, 0.4) is 0 Å².